The lowest BCUT2D eigenvalue weighted by Crippen LogP contribution is -2.06. The number of halogens is 1. The molecule has 0 saturated heterocycles. The minimum absolute atomic E-state index is 0. The third kappa shape index (κ3) is 4.76. The fraction of sp³-hybridized carbons (Fsp3) is 0.250. The molecule has 0 unspecified atom stereocenters. The lowest BCUT2D eigenvalue weighted by atomic mass is 10.1. The number of non-ortho nitro benzene ring substituents is 1. The minimum atomic E-state index is -0.375. The zero-order valence-electron chi connectivity index (χ0n) is 11.9. The molecular formula is C16H19ClN2O2. The molecule has 0 aromatic heterocycles. The Bertz CT molecular complexity index is 585. The van der Waals surface area contributed by atoms with E-state index in [1.54, 1.807) is 12.1 Å². The Morgan fingerprint density at radius 1 is 1.10 bits per heavy atom. The third-order valence-electron chi connectivity index (χ3n) is 3.27. The van der Waals surface area contributed by atoms with Gasteiger partial charge in [0.05, 0.1) is 4.92 Å². The number of anilines is 1. The van der Waals surface area contributed by atoms with Crippen LogP contribution in [0.5, 0.6) is 0 Å². The van der Waals surface area contributed by atoms with E-state index in [0.29, 0.717) is 0 Å². The summed E-state index contributed by atoms with van der Waals surface area (Å²) in [4.78, 5) is 10.2. The SMILES string of the molecule is CCc1ccccc1NCCc1ccc([N+](=O)[O-])cc1.Cl. The molecule has 0 saturated carbocycles. The highest BCUT2D eigenvalue weighted by atomic mass is 35.5. The summed E-state index contributed by atoms with van der Waals surface area (Å²) < 4.78 is 0. The first kappa shape index (κ1) is 17.0. The summed E-state index contributed by atoms with van der Waals surface area (Å²) in [6.45, 7) is 2.95. The maximum absolute atomic E-state index is 10.6. The molecule has 4 nitrogen and oxygen atoms in total. The van der Waals surface area contributed by atoms with Gasteiger partial charge in [0.25, 0.3) is 5.69 Å². The number of rotatable bonds is 6. The van der Waals surface area contributed by atoms with Crippen LogP contribution in [0.15, 0.2) is 48.5 Å². The number of benzene rings is 2. The van der Waals surface area contributed by atoms with Crippen LogP contribution in [0.2, 0.25) is 0 Å². The number of nitro groups is 1. The fourth-order valence-corrected chi connectivity index (χ4v) is 2.13. The van der Waals surface area contributed by atoms with Crippen molar-refractivity contribution in [2.45, 2.75) is 19.8 Å². The van der Waals surface area contributed by atoms with E-state index in [0.717, 1.165) is 30.6 Å². The zero-order valence-corrected chi connectivity index (χ0v) is 12.7. The Hall–Kier alpha value is -2.07. The van der Waals surface area contributed by atoms with E-state index in [1.807, 2.05) is 24.3 Å². The van der Waals surface area contributed by atoms with Crippen molar-refractivity contribution in [3.63, 3.8) is 0 Å². The molecule has 112 valence electrons. The van der Waals surface area contributed by atoms with Gasteiger partial charge in [-0.2, -0.15) is 0 Å². The Balaban J connectivity index is 0.00000220. The van der Waals surface area contributed by atoms with Gasteiger partial charge < -0.3 is 5.32 Å². The molecule has 0 bridgehead atoms. The van der Waals surface area contributed by atoms with Crippen LogP contribution < -0.4 is 5.32 Å². The van der Waals surface area contributed by atoms with Crippen LogP contribution in [0.25, 0.3) is 0 Å². The molecule has 21 heavy (non-hydrogen) atoms. The molecule has 2 aromatic rings. The van der Waals surface area contributed by atoms with Crippen molar-refractivity contribution in [2.75, 3.05) is 11.9 Å². The topological polar surface area (TPSA) is 55.2 Å². The molecule has 0 atom stereocenters. The van der Waals surface area contributed by atoms with E-state index in [9.17, 15) is 10.1 Å². The molecule has 0 radical (unpaired) electrons. The van der Waals surface area contributed by atoms with Gasteiger partial charge in [-0.3, -0.25) is 10.1 Å². The molecule has 0 spiro atoms. The fourth-order valence-electron chi connectivity index (χ4n) is 2.13. The Kier molecular flexibility index (Phi) is 6.69. The summed E-state index contributed by atoms with van der Waals surface area (Å²) in [7, 11) is 0. The number of nitrogens with zero attached hydrogens (tertiary/aromatic N) is 1. The summed E-state index contributed by atoms with van der Waals surface area (Å²) in [6.07, 6.45) is 1.84. The van der Waals surface area contributed by atoms with Gasteiger partial charge in [-0.1, -0.05) is 37.3 Å². The maximum atomic E-state index is 10.6. The molecular weight excluding hydrogens is 288 g/mol. The van der Waals surface area contributed by atoms with E-state index in [-0.39, 0.29) is 23.0 Å². The largest absolute Gasteiger partial charge is 0.384 e. The van der Waals surface area contributed by atoms with E-state index < -0.39 is 0 Å². The highest BCUT2D eigenvalue weighted by Crippen LogP contribution is 2.16. The van der Waals surface area contributed by atoms with E-state index in [4.69, 9.17) is 0 Å². The second-order valence-electron chi connectivity index (χ2n) is 4.61. The molecule has 0 aliphatic heterocycles. The van der Waals surface area contributed by atoms with E-state index in [2.05, 4.69) is 24.4 Å². The molecule has 1 N–H and O–H groups in total. The van der Waals surface area contributed by atoms with Gasteiger partial charge in [0.15, 0.2) is 0 Å². The molecule has 2 rings (SSSR count). The van der Waals surface area contributed by atoms with Gasteiger partial charge in [0.2, 0.25) is 0 Å². The minimum Gasteiger partial charge on any atom is -0.384 e. The molecule has 5 heteroatoms. The number of nitro benzene ring substituents is 1. The van der Waals surface area contributed by atoms with Gasteiger partial charge in [-0.05, 0) is 30.0 Å². The molecule has 0 fully saturated rings. The number of para-hydroxylation sites is 1. The Morgan fingerprint density at radius 2 is 1.76 bits per heavy atom. The molecule has 0 aliphatic rings. The van der Waals surface area contributed by atoms with E-state index >= 15 is 0 Å². The van der Waals surface area contributed by atoms with Crippen molar-refractivity contribution in [1.29, 1.82) is 0 Å². The summed E-state index contributed by atoms with van der Waals surface area (Å²) in [6, 6.07) is 15.0. The standard InChI is InChI=1S/C16H18N2O2.ClH/c1-2-14-5-3-4-6-16(14)17-12-11-13-7-9-15(10-8-13)18(19)20;/h3-10,17H,2,11-12H2,1H3;1H. The van der Waals surface area contributed by atoms with Crippen molar-refractivity contribution in [3.05, 3.63) is 69.8 Å². The first-order valence-corrected chi connectivity index (χ1v) is 6.76. The van der Waals surface area contributed by atoms with Gasteiger partial charge >= 0.3 is 0 Å². The molecule has 2 aromatic carbocycles. The summed E-state index contributed by atoms with van der Waals surface area (Å²) in [5.41, 5.74) is 3.70. The lowest BCUT2D eigenvalue weighted by Gasteiger charge is -2.10. The average Bonchev–Trinajstić information content (AvgIpc) is 2.48. The smallest absolute Gasteiger partial charge is 0.269 e. The summed E-state index contributed by atoms with van der Waals surface area (Å²) >= 11 is 0. The Labute approximate surface area is 130 Å². The Morgan fingerprint density at radius 3 is 2.38 bits per heavy atom. The zero-order chi connectivity index (χ0) is 14.4. The van der Waals surface area contributed by atoms with Crippen LogP contribution in [0.3, 0.4) is 0 Å². The van der Waals surface area contributed by atoms with Gasteiger partial charge in [0.1, 0.15) is 0 Å². The van der Waals surface area contributed by atoms with Gasteiger partial charge in [-0.25, -0.2) is 0 Å². The predicted molar refractivity (Wildman–Crippen MR) is 88.4 cm³/mol. The van der Waals surface area contributed by atoms with Crippen LogP contribution in [-0.2, 0) is 12.8 Å². The molecule has 0 aliphatic carbocycles. The van der Waals surface area contributed by atoms with Gasteiger partial charge in [-0.15, -0.1) is 12.4 Å². The van der Waals surface area contributed by atoms with Crippen molar-refractivity contribution in [3.8, 4) is 0 Å². The average molecular weight is 307 g/mol. The second kappa shape index (κ2) is 8.27. The normalized spacial score (nSPS) is 9.76. The third-order valence-corrected chi connectivity index (χ3v) is 3.27. The van der Waals surface area contributed by atoms with E-state index in [1.165, 1.54) is 5.56 Å². The molecule has 0 amide bonds. The van der Waals surface area contributed by atoms with Crippen molar-refractivity contribution in [2.24, 2.45) is 0 Å². The predicted octanol–water partition coefficient (Wildman–Crippen LogP) is 4.23. The summed E-state index contributed by atoms with van der Waals surface area (Å²) in [5.74, 6) is 0. The van der Waals surface area contributed by atoms with Crippen LogP contribution in [0.1, 0.15) is 18.1 Å². The second-order valence-corrected chi connectivity index (χ2v) is 4.61. The monoisotopic (exact) mass is 306 g/mol. The lowest BCUT2D eigenvalue weighted by molar-refractivity contribution is -0.384. The van der Waals surface area contributed by atoms with Crippen molar-refractivity contribution >= 4 is 23.8 Å². The van der Waals surface area contributed by atoms with Crippen molar-refractivity contribution in [1.82, 2.24) is 0 Å². The first-order chi connectivity index (χ1) is 9.70. The highest BCUT2D eigenvalue weighted by Gasteiger charge is 2.04. The van der Waals surface area contributed by atoms with Crippen LogP contribution in [0.4, 0.5) is 11.4 Å². The van der Waals surface area contributed by atoms with Crippen LogP contribution in [0, 0.1) is 10.1 Å². The van der Waals surface area contributed by atoms with Crippen LogP contribution >= 0.6 is 12.4 Å². The molecule has 0 heterocycles. The quantitative estimate of drug-likeness (QED) is 0.641. The van der Waals surface area contributed by atoms with Crippen LogP contribution in [-0.4, -0.2) is 11.5 Å². The number of hydrogen-bond donors (Lipinski definition) is 1. The number of hydrogen-bond acceptors (Lipinski definition) is 3. The number of nitrogens with one attached hydrogen (secondary N) is 1. The van der Waals surface area contributed by atoms with Gasteiger partial charge in [0, 0.05) is 24.4 Å². The highest BCUT2D eigenvalue weighted by molar-refractivity contribution is 5.85. The maximum Gasteiger partial charge on any atom is 0.269 e. The first-order valence-electron chi connectivity index (χ1n) is 6.76. The summed E-state index contributed by atoms with van der Waals surface area (Å²) in [5, 5.41) is 14.0. The van der Waals surface area contributed by atoms with Crippen molar-refractivity contribution < 1.29 is 4.92 Å². The number of aryl methyl sites for hydroxylation is 1.